The van der Waals surface area contributed by atoms with E-state index in [1.54, 1.807) is 48.5 Å². The molecule has 0 saturated heterocycles. The van der Waals surface area contributed by atoms with Gasteiger partial charge in [0, 0.05) is 12.3 Å². The molecule has 1 aliphatic rings. The highest BCUT2D eigenvalue weighted by molar-refractivity contribution is 5.97. The summed E-state index contributed by atoms with van der Waals surface area (Å²) in [6.45, 7) is -0.151. The molecule has 0 aromatic heterocycles. The molecule has 4 rings (SSSR count). The summed E-state index contributed by atoms with van der Waals surface area (Å²) in [5.41, 5.74) is 0.929. The first-order chi connectivity index (χ1) is 18.7. The maximum atomic E-state index is 13.5. The number of halogens is 3. The predicted molar refractivity (Wildman–Crippen MR) is 137 cm³/mol. The van der Waals surface area contributed by atoms with E-state index in [0.29, 0.717) is 24.8 Å². The Morgan fingerprint density at radius 2 is 1.28 bits per heavy atom. The van der Waals surface area contributed by atoms with Gasteiger partial charge in [-0.25, -0.2) is 0 Å². The van der Waals surface area contributed by atoms with Gasteiger partial charge in [-0.1, -0.05) is 79.2 Å². The number of benzene rings is 3. The van der Waals surface area contributed by atoms with Crippen molar-refractivity contribution in [1.82, 2.24) is 0 Å². The van der Waals surface area contributed by atoms with Crippen LogP contribution in [0.15, 0.2) is 84.9 Å². The van der Waals surface area contributed by atoms with Crippen LogP contribution < -0.4 is 0 Å². The van der Waals surface area contributed by atoms with Crippen LogP contribution in [0, 0.1) is 11.8 Å². The first-order valence-electron chi connectivity index (χ1n) is 12.8. The minimum absolute atomic E-state index is 0.0756. The number of esters is 2. The zero-order valence-electron chi connectivity index (χ0n) is 21.2. The Balaban J connectivity index is 1.65. The summed E-state index contributed by atoms with van der Waals surface area (Å²) < 4.78 is 50.6. The fourth-order valence-corrected chi connectivity index (χ4v) is 4.99. The van der Waals surface area contributed by atoms with E-state index >= 15 is 0 Å². The molecule has 0 unspecified atom stereocenters. The topological polar surface area (TPSA) is 69.7 Å². The van der Waals surface area contributed by atoms with Crippen LogP contribution >= 0.6 is 0 Å². The lowest BCUT2D eigenvalue weighted by atomic mass is 9.74. The molecule has 204 valence electrons. The molecule has 1 fully saturated rings. The first kappa shape index (κ1) is 28.1. The molecule has 3 aromatic rings. The zero-order valence-corrected chi connectivity index (χ0v) is 21.2. The van der Waals surface area contributed by atoms with Gasteiger partial charge in [0.2, 0.25) is 0 Å². The fraction of sp³-hybridized carbons (Fsp3) is 0.323. The van der Waals surface area contributed by atoms with Gasteiger partial charge in [-0.05, 0) is 47.6 Å². The van der Waals surface area contributed by atoms with Gasteiger partial charge in [-0.2, -0.15) is 13.2 Å². The highest BCUT2D eigenvalue weighted by atomic mass is 19.4. The minimum atomic E-state index is -4.53. The monoisotopic (exact) mass is 538 g/mol. The summed E-state index contributed by atoms with van der Waals surface area (Å²) in [6, 6.07) is 22.2. The summed E-state index contributed by atoms with van der Waals surface area (Å²) in [4.78, 5) is 40.2. The van der Waals surface area contributed by atoms with Gasteiger partial charge >= 0.3 is 18.1 Å². The molecule has 39 heavy (non-hydrogen) atoms. The van der Waals surface area contributed by atoms with Gasteiger partial charge in [0.05, 0.1) is 5.56 Å². The Hall–Kier alpha value is -3.94. The number of hydrogen-bond donors (Lipinski definition) is 0. The van der Waals surface area contributed by atoms with E-state index in [9.17, 15) is 27.6 Å². The molecule has 5 nitrogen and oxygen atoms in total. The van der Waals surface area contributed by atoms with E-state index in [1.807, 2.05) is 12.1 Å². The van der Waals surface area contributed by atoms with Crippen molar-refractivity contribution in [2.24, 2.45) is 11.8 Å². The van der Waals surface area contributed by atoms with Gasteiger partial charge in [-0.3, -0.25) is 14.4 Å². The lowest BCUT2D eigenvalue weighted by molar-refractivity contribution is -0.167. The molecule has 0 bridgehead atoms. The zero-order chi connectivity index (χ0) is 27.8. The summed E-state index contributed by atoms with van der Waals surface area (Å²) in [7, 11) is 0. The van der Waals surface area contributed by atoms with Crippen molar-refractivity contribution < 1.29 is 37.0 Å². The standard InChI is InChI=1S/C31H29F3O5/c32-31(33,34)24-17-15-23(16-18-24)27-25(13-7-8-14-26(27)35)28(29(36)38-19-21-9-3-1-4-10-21)30(37)39-20-22-11-5-2-6-12-22/h1-6,9-12,15-18,25,27-28H,7-8,13-14,19-20H2/t25-,27+/m1/s1. The van der Waals surface area contributed by atoms with Gasteiger partial charge in [0.25, 0.3) is 0 Å². The van der Waals surface area contributed by atoms with Crippen LogP contribution in [0.2, 0.25) is 0 Å². The molecule has 0 radical (unpaired) electrons. The van der Waals surface area contributed by atoms with Crippen molar-refractivity contribution in [3.05, 3.63) is 107 Å². The first-order valence-corrected chi connectivity index (χ1v) is 12.8. The molecule has 0 amide bonds. The van der Waals surface area contributed by atoms with E-state index < -0.39 is 41.4 Å². The molecular formula is C31H29F3O5. The van der Waals surface area contributed by atoms with E-state index in [2.05, 4.69) is 0 Å². The summed E-state index contributed by atoms with van der Waals surface area (Å²) in [5.74, 6) is -5.08. The number of rotatable bonds is 8. The number of carbonyl (C=O) groups is 3. The molecule has 0 aliphatic heterocycles. The minimum Gasteiger partial charge on any atom is -0.460 e. The number of alkyl halides is 3. The summed E-state index contributed by atoms with van der Waals surface area (Å²) in [6.07, 6.45) is -2.87. The van der Waals surface area contributed by atoms with Crippen LogP contribution in [0.4, 0.5) is 13.2 Å². The van der Waals surface area contributed by atoms with E-state index in [0.717, 1.165) is 23.3 Å². The average Bonchev–Trinajstić information content (AvgIpc) is 3.12. The maximum Gasteiger partial charge on any atom is 0.416 e. The molecule has 8 heteroatoms. The van der Waals surface area contributed by atoms with Gasteiger partial charge in [0.1, 0.15) is 19.0 Å². The fourth-order valence-electron chi connectivity index (χ4n) is 4.99. The average molecular weight is 539 g/mol. The van der Waals surface area contributed by atoms with Crippen molar-refractivity contribution in [1.29, 1.82) is 0 Å². The van der Waals surface area contributed by atoms with Crippen LogP contribution in [0.25, 0.3) is 0 Å². The summed E-state index contributed by atoms with van der Waals surface area (Å²) in [5, 5.41) is 0. The predicted octanol–water partition coefficient (Wildman–Crippen LogP) is 6.65. The van der Waals surface area contributed by atoms with Crippen LogP contribution in [0.5, 0.6) is 0 Å². The van der Waals surface area contributed by atoms with Crippen molar-refractivity contribution >= 4 is 17.7 Å². The van der Waals surface area contributed by atoms with Crippen LogP contribution in [-0.2, 0) is 43.2 Å². The second kappa shape index (κ2) is 12.7. The third-order valence-corrected chi connectivity index (χ3v) is 6.97. The number of ketones is 1. The lowest BCUT2D eigenvalue weighted by Crippen LogP contribution is -2.38. The molecule has 0 heterocycles. The highest BCUT2D eigenvalue weighted by Gasteiger charge is 2.45. The Kier molecular flexibility index (Phi) is 9.17. The third-order valence-electron chi connectivity index (χ3n) is 6.97. The number of carbonyl (C=O) groups excluding carboxylic acids is 3. The number of hydrogen-bond acceptors (Lipinski definition) is 5. The summed E-state index contributed by atoms with van der Waals surface area (Å²) >= 11 is 0. The lowest BCUT2D eigenvalue weighted by Gasteiger charge is -2.30. The SMILES string of the molecule is O=C(OCc1ccccc1)C(C(=O)OCc1ccccc1)[C@@H]1CCCCC(=O)[C@H]1c1ccc(C(F)(F)F)cc1. The smallest absolute Gasteiger partial charge is 0.416 e. The van der Waals surface area contributed by atoms with Crippen molar-refractivity contribution in [3.63, 3.8) is 0 Å². The molecular weight excluding hydrogens is 509 g/mol. The highest BCUT2D eigenvalue weighted by Crippen LogP contribution is 2.41. The van der Waals surface area contributed by atoms with E-state index in [4.69, 9.17) is 9.47 Å². The molecule has 3 aromatic carbocycles. The Morgan fingerprint density at radius 1 is 0.769 bits per heavy atom. The molecule has 2 atom stereocenters. The molecule has 1 aliphatic carbocycles. The number of ether oxygens (including phenoxy) is 2. The van der Waals surface area contributed by atoms with Crippen molar-refractivity contribution in [2.45, 2.75) is 51.0 Å². The van der Waals surface area contributed by atoms with Crippen molar-refractivity contribution in [2.75, 3.05) is 0 Å². The second-order valence-corrected chi connectivity index (χ2v) is 9.64. The Morgan fingerprint density at radius 3 is 1.77 bits per heavy atom. The number of Topliss-reactive ketones (excluding diaryl/α,β-unsaturated/α-hetero) is 1. The maximum absolute atomic E-state index is 13.5. The van der Waals surface area contributed by atoms with Crippen LogP contribution in [0.3, 0.4) is 0 Å². The van der Waals surface area contributed by atoms with Gasteiger partial charge < -0.3 is 9.47 Å². The normalized spacial score (nSPS) is 17.9. The second-order valence-electron chi connectivity index (χ2n) is 9.64. The van der Waals surface area contributed by atoms with Gasteiger partial charge in [0.15, 0.2) is 5.92 Å². The third kappa shape index (κ3) is 7.34. The van der Waals surface area contributed by atoms with Gasteiger partial charge in [-0.15, -0.1) is 0 Å². The van der Waals surface area contributed by atoms with Crippen LogP contribution in [0.1, 0.15) is 53.9 Å². The largest absolute Gasteiger partial charge is 0.460 e. The molecule has 0 N–H and O–H groups in total. The van der Waals surface area contributed by atoms with E-state index in [1.165, 1.54) is 12.1 Å². The Bertz CT molecular complexity index is 1200. The van der Waals surface area contributed by atoms with E-state index in [-0.39, 0.29) is 25.4 Å². The van der Waals surface area contributed by atoms with Crippen molar-refractivity contribution in [3.8, 4) is 0 Å². The molecule has 1 saturated carbocycles. The quantitative estimate of drug-likeness (QED) is 0.182. The Labute approximate surface area is 224 Å². The molecule has 0 spiro atoms. The van der Waals surface area contributed by atoms with Crippen LogP contribution in [-0.4, -0.2) is 17.7 Å².